The Bertz CT molecular complexity index is 1290. The van der Waals surface area contributed by atoms with Crippen molar-refractivity contribution in [1.82, 2.24) is 10.2 Å². The molecule has 0 aliphatic carbocycles. The first-order chi connectivity index (χ1) is 17.6. The zero-order valence-corrected chi connectivity index (χ0v) is 21.7. The van der Waals surface area contributed by atoms with Crippen LogP contribution in [0.5, 0.6) is 5.75 Å². The Hall–Kier alpha value is -4.01. The number of nitrogens with zero attached hydrogens (tertiary/aromatic N) is 1. The second kappa shape index (κ2) is 10.5. The molecule has 2 amide bonds. The number of esters is 1. The number of nitrogens with one attached hydrogen (secondary N) is 1. The van der Waals surface area contributed by atoms with Crippen molar-refractivity contribution < 1.29 is 33.0 Å². The predicted octanol–water partition coefficient (Wildman–Crippen LogP) is 4.60. The number of fused-ring (bicyclic) bond motifs is 1. The molecule has 2 aromatic carbocycles. The number of likely N-dealkylation sites (tertiary alicyclic amines) is 1. The minimum absolute atomic E-state index is 0.112. The molecule has 9 heteroatoms. The molecule has 1 saturated heterocycles. The summed E-state index contributed by atoms with van der Waals surface area (Å²) in [5.74, 6) is 0.136. The van der Waals surface area contributed by atoms with Gasteiger partial charge in [-0.2, -0.15) is 0 Å². The van der Waals surface area contributed by atoms with Gasteiger partial charge in [0.1, 0.15) is 35.3 Å². The van der Waals surface area contributed by atoms with E-state index < -0.39 is 29.7 Å². The first kappa shape index (κ1) is 26.1. The van der Waals surface area contributed by atoms with Crippen molar-refractivity contribution in [3.05, 3.63) is 65.4 Å². The summed E-state index contributed by atoms with van der Waals surface area (Å²) in [5.41, 5.74) is 1.24. The molecular weight excluding hydrogens is 476 g/mol. The highest BCUT2D eigenvalue weighted by atomic mass is 16.6. The second-order valence-corrected chi connectivity index (χ2v) is 10.0. The summed E-state index contributed by atoms with van der Waals surface area (Å²) in [6.07, 6.45) is -0.428. The zero-order chi connectivity index (χ0) is 26.7. The molecule has 1 fully saturated rings. The Morgan fingerprint density at radius 1 is 1.11 bits per heavy atom. The van der Waals surface area contributed by atoms with Crippen LogP contribution in [0.15, 0.2) is 52.9 Å². The summed E-state index contributed by atoms with van der Waals surface area (Å²) in [4.78, 5) is 39.8. The van der Waals surface area contributed by atoms with E-state index in [0.29, 0.717) is 34.6 Å². The topological polar surface area (TPSA) is 107 Å². The lowest BCUT2D eigenvalue weighted by Crippen LogP contribution is -2.44. The molecule has 0 unspecified atom stereocenters. The number of aryl methyl sites for hydroxylation is 1. The molecule has 37 heavy (non-hydrogen) atoms. The van der Waals surface area contributed by atoms with E-state index in [1.807, 2.05) is 30.3 Å². The maximum atomic E-state index is 13.4. The first-order valence-electron chi connectivity index (χ1n) is 12.1. The second-order valence-electron chi connectivity index (χ2n) is 10.0. The molecule has 9 nitrogen and oxygen atoms in total. The van der Waals surface area contributed by atoms with Crippen molar-refractivity contribution in [3.63, 3.8) is 0 Å². The third-order valence-electron chi connectivity index (χ3n) is 6.05. The summed E-state index contributed by atoms with van der Waals surface area (Å²) >= 11 is 0. The van der Waals surface area contributed by atoms with E-state index in [9.17, 15) is 14.4 Å². The van der Waals surface area contributed by atoms with Gasteiger partial charge in [0.15, 0.2) is 0 Å². The van der Waals surface area contributed by atoms with Gasteiger partial charge >= 0.3 is 12.1 Å². The summed E-state index contributed by atoms with van der Waals surface area (Å²) in [6, 6.07) is 13.8. The molecular formula is C28H32N2O7. The molecule has 1 aromatic heterocycles. The molecule has 0 spiro atoms. The monoisotopic (exact) mass is 508 g/mol. The number of amides is 2. The van der Waals surface area contributed by atoms with Gasteiger partial charge in [-0.3, -0.25) is 9.69 Å². The third kappa shape index (κ3) is 6.04. The highest BCUT2D eigenvalue weighted by molar-refractivity contribution is 6.07. The van der Waals surface area contributed by atoms with Gasteiger partial charge in [-0.25, -0.2) is 9.59 Å². The molecule has 0 saturated carbocycles. The summed E-state index contributed by atoms with van der Waals surface area (Å²) in [5, 5.41) is 3.57. The van der Waals surface area contributed by atoms with Crippen molar-refractivity contribution in [2.45, 2.75) is 58.4 Å². The van der Waals surface area contributed by atoms with E-state index in [1.165, 1.54) is 12.0 Å². The maximum absolute atomic E-state index is 13.4. The smallest absolute Gasteiger partial charge is 0.411 e. The van der Waals surface area contributed by atoms with Gasteiger partial charge in [0, 0.05) is 24.4 Å². The fourth-order valence-corrected chi connectivity index (χ4v) is 4.39. The van der Waals surface area contributed by atoms with Gasteiger partial charge in [-0.15, -0.1) is 0 Å². The highest BCUT2D eigenvalue weighted by Gasteiger charge is 2.43. The number of ether oxygens (including phenoxy) is 3. The fourth-order valence-electron chi connectivity index (χ4n) is 4.39. The van der Waals surface area contributed by atoms with Crippen LogP contribution in [0.4, 0.5) is 4.79 Å². The fraction of sp³-hybridized carbons (Fsp3) is 0.393. The van der Waals surface area contributed by atoms with Crippen LogP contribution in [-0.2, 0) is 20.9 Å². The molecule has 0 bridgehead atoms. The van der Waals surface area contributed by atoms with E-state index >= 15 is 0 Å². The average Bonchev–Trinajstić information content (AvgIpc) is 3.41. The van der Waals surface area contributed by atoms with E-state index in [2.05, 4.69) is 5.32 Å². The van der Waals surface area contributed by atoms with Crippen molar-refractivity contribution in [3.8, 4) is 5.75 Å². The lowest BCUT2D eigenvalue weighted by atomic mass is 10.1. The number of hydrogen-bond acceptors (Lipinski definition) is 7. The molecule has 3 aromatic rings. The Balaban J connectivity index is 1.51. The molecule has 196 valence electrons. The number of hydrogen-bond donors (Lipinski definition) is 1. The molecule has 4 rings (SSSR count). The lowest BCUT2D eigenvalue weighted by Gasteiger charge is -2.27. The van der Waals surface area contributed by atoms with E-state index in [1.54, 1.807) is 45.9 Å². The van der Waals surface area contributed by atoms with Gasteiger partial charge in [0.05, 0.1) is 12.7 Å². The minimum Gasteiger partial charge on any atom is -0.489 e. The molecule has 1 aliphatic rings. The molecule has 2 atom stereocenters. The SMILES string of the molecule is COC(=O)[C@@H]1C[C@H](NC(=O)c2c(C)oc3ccc(OCc4ccccc4)cc23)CN1C(=O)OC(C)(C)C. The van der Waals surface area contributed by atoms with Gasteiger partial charge in [0.25, 0.3) is 5.91 Å². The van der Waals surface area contributed by atoms with Crippen LogP contribution in [-0.4, -0.2) is 54.2 Å². The minimum atomic E-state index is -0.856. The Morgan fingerprint density at radius 2 is 1.84 bits per heavy atom. The van der Waals surface area contributed by atoms with Crippen LogP contribution < -0.4 is 10.1 Å². The van der Waals surface area contributed by atoms with Crippen LogP contribution in [0, 0.1) is 6.92 Å². The third-order valence-corrected chi connectivity index (χ3v) is 6.05. The molecule has 1 aliphatic heterocycles. The van der Waals surface area contributed by atoms with Crippen LogP contribution in [0.3, 0.4) is 0 Å². The summed E-state index contributed by atoms with van der Waals surface area (Å²) in [7, 11) is 1.26. The first-order valence-corrected chi connectivity index (χ1v) is 12.1. The quantitative estimate of drug-likeness (QED) is 0.485. The average molecular weight is 509 g/mol. The van der Waals surface area contributed by atoms with Crippen LogP contribution in [0.25, 0.3) is 11.0 Å². The van der Waals surface area contributed by atoms with Crippen molar-refractivity contribution in [2.75, 3.05) is 13.7 Å². The largest absolute Gasteiger partial charge is 0.489 e. The van der Waals surface area contributed by atoms with Crippen molar-refractivity contribution in [2.24, 2.45) is 0 Å². The Labute approximate surface area is 215 Å². The standard InChI is InChI=1S/C28H32N2O7/c1-17-24(21-14-20(11-12-23(21)36-17)35-16-18-9-7-6-8-10-18)25(31)29-19-13-22(26(32)34-5)30(15-19)27(33)37-28(2,3)4/h6-12,14,19,22H,13,15-16H2,1-5H3,(H,29,31)/t19-,22-/m0/s1. The van der Waals surface area contributed by atoms with E-state index in [-0.39, 0.29) is 18.9 Å². The van der Waals surface area contributed by atoms with E-state index in [0.717, 1.165) is 5.56 Å². The summed E-state index contributed by atoms with van der Waals surface area (Å²) in [6.45, 7) is 7.47. The van der Waals surface area contributed by atoms with Gasteiger partial charge < -0.3 is 23.9 Å². The van der Waals surface area contributed by atoms with Crippen molar-refractivity contribution >= 4 is 28.9 Å². The molecule has 2 heterocycles. The highest BCUT2D eigenvalue weighted by Crippen LogP contribution is 2.30. The van der Waals surface area contributed by atoms with Crippen LogP contribution in [0.2, 0.25) is 0 Å². The van der Waals surface area contributed by atoms with Crippen LogP contribution >= 0.6 is 0 Å². The van der Waals surface area contributed by atoms with Gasteiger partial charge in [-0.1, -0.05) is 30.3 Å². The number of rotatable bonds is 6. The lowest BCUT2D eigenvalue weighted by molar-refractivity contribution is -0.145. The molecule has 1 N–H and O–H groups in total. The zero-order valence-electron chi connectivity index (χ0n) is 21.7. The van der Waals surface area contributed by atoms with Gasteiger partial charge in [0.2, 0.25) is 0 Å². The van der Waals surface area contributed by atoms with Crippen molar-refractivity contribution in [1.29, 1.82) is 0 Å². The number of carbonyl (C=O) groups excluding carboxylic acids is 3. The normalized spacial score (nSPS) is 17.5. The number of benzene rings is 2. The Morgan fingerprint density at radius 3 is 2.51 bits per heavy atom. The molecule has 0 radical (unpaired) electrons. The van der Waals surface area contributed by atoms with E-state index in [4.69, 9.17) is 18.6 Å². The number of carbonyl (C=O) groups is 3. The number of furan rings is 1. The Kier molecular flexibility index (Phi) is 7.42. The van der Waals surface area contributed by atoms with Gasteiger partial charge in [-0.05, 0) is 51.5 Å². The van der Waals surface area contributed by atoms with Crippen LogP contribution in [0.1, 0.15) is 48.9 Å². The summed E-state index contributed by atoms with van der Waals surface area (Å²) < 4.78 is 22.1. The number of methoxy groups -OCH3 is 1. The predicted molar refractivity (Wildman–Crippen MR) is 136 cm³/mol. The maximum Gasteiger partial charge on any atom is 0.411 e.